The highest BCUT2D eigenvalue weighted by Crippen LogP contribution is 2.43. The van der Waals surface area contributed by atoms with Crippen LogP contribution in [0, 0.1) is 17.8 Å². The van der Waals surface area contributed by atoms with Crippen LogP contribution in [-0.2, 0) is 35.2 Å². The van der Waals surface area contributed by atoms with E-state index in [1.165, 1.54) is 6.92 Å². The standard InChI is InChI=1S/C28H33NO8/c1-4-15-29(17-19-11-13-21(14-12-19)37-20-9-7-6-8-10-20)26(31)22-16-23(25(22)27(32)33)28(34)36-18(3)35-24(30)5-2/h6-14,18,22-23,25H,4-5,15-17H2,1-3H3,(H,32,33). The van der Waals surface area contributed by atoms with Gasteiger partial charge >= 0.3 is 17.9 Å². The second-order valence-corrected chi connectivity index (χ2v) is 8.98. The van der Waals surface area contributed by atoms with Gasteiger partial charge in [0.05, 0.1) is 17.8 Å². The molecule has 1 aliphatic rings. The van der Waals surface area contributed by atoms with Gasteiger partial charge in [-0.05, 0) is 42.7 Å². The van der Waals surface area contributed by atoms with Crippen molar-refractivity contribution in [2.45, 2.75) is 52.9 Å². The molecule has 1 saturated carbocycles. The van der Waals surface area contributed by atoms with Crippen molar-refractivity contribution in [3.63, 3.8) is 0 Å². The lowest BCUT2D eigenvalue weighted by Gasteiger charge is -2.41. The zero-order valence-corrected chi connectivity index (χ0v) is 21.3. The first-order chi connectivity index (χ1) is 17.7. The lowest BCUT2D eigenvalue weighted by molar-refractivity contribution is -0.196. The topological polar surface area (TPSA) is 119 Å². The third kappa shape index (κ3) is 7.31. The number of carboxylic acids is 1. The number of hydrogen-bond donors (Lipinski definition) is 1. The predicted octanol–water partition coefficient (Wildman–Crippen LogP) is 4.40. The number of benzene rings is 2. The fraction of sp³-hybridized carbons (Fsp3) is 0.429. The summed E-state index contributed by atoms with van der Waals surface area (Å²) in [4.78, 5) is 50.8. The molecular formula is C28H33NO8. The fourth-order valence-corrected chi connectivity index (χ4v) is 4.32. The van der Waals surface area contributed by atoms with E-state index in [1.807, 2.05) is 61.5 Å². The van der Waals surface area contributed by atoms with Crippen molar-refractivity contribution in [2.24, 2.45) is 17.8 Å². The number of aliphatic carboxylic acids is 1. The van der Waals surface area contributed by atoms with Gasteiger partial charge < -0.3 is 24.2 Å². The first-order valence-corrected chi connectivity index (χ1v) is 12.5. The summed E-state index contributed by atoms with van der Waals surface area (Å²) in [6, 6.07) is 16.7. The molecule has 9 heteroatoms. The third-order valence-electron chi connectivity index (χ3n) is 6.23. The van der Waals surface area contributed by atoms with E-state index in [4.69, 9.17) is 14.2 Å². The molecule has 9 nitrogen and oxygen atoms in total. The third-order valence-corrected chi connectivity index (χ3v) is 6.23. The van der Waals surface area contributed by atoms with E-state index in [1.54, 1.807) is 11.8 Å². The summed E-state index contributed by atoms with van der Waals surface area (Å²) in [5, 5.41) is 9.76. The van der Waals surface area contributed by atoms with Crippen LogP contribution in [-0.4, -0.2) is 46.7 Å². The van der Waals surface area contributed by atoms with Gasteiger partial charge in [-0.1, -0.05) is 44.2 Å². The second-order valence-electron chi connectivity index (χ2n) is 8.98. The molecule has 0 saturated heterocycles. The molecule has 4 atom stereocenters. The first-order valence-electron chi connectivity index (χ1n) is 12.5. The second kappa shape index (κ2) is 12.9. The van der Waals surface area contributed by atoms with Crippen LogP contribution in [0.25, 0.3) is 0 Å². The van der Waals surface area contributed by atoms with Crippen LogP contribution in [0.1, 0.15) is 45.6 Å². The molecule has 198 valence electrons. The monoisotopic (exact) mass is 511 g/mol. The van der Waals surface area contributed by atoms with Gasteiger partial charge in [0.15, 0.2) is 0 Å². The summed E-state index contributed by atoms with van der Waals surface area (Å²) in [6.07, 6.45) is -0.255. The van der Waals surface area contributed by atoms with Crippen LogP contribution in [0.15, 0.2) is 54.6 Å². The molecule has 2 aromatic rings. The number of nitrogens with zero attached hydrogens (tertiary/aromatic N) is 1. The van der Waals surface area contributed by atoms with Crippen molar-refractivity contribution in [2.75, 3.05) is 6.54 Å². The molecular weight excluding hydrogens is 478 g/mol. The van der Waals surface area contributed by atoms with E-state index in [0.717, 1.165) is 5.56 Å². The molecule has 0 aliphatic heterocycles. The minimum Gasteiger partial charge on any atom is -0.481 e. The van der Waals surface area contributed by atoms with Gasteiger partial charge in [0.1, 0.15) is 11.5 Å². The number of ether oxygens (including phenoxy) is 3. The van der Waals surface area contributed by atoms with Gasteiger partial charge in [-0.3, -0.25) is 19.2 Å². The number of rotatable bonds is 12. The SMILES string of the molecule is CCCN(Cc1ccc(Oc2ccccc2)cc1)C(=O)C1CC(C(=O)OC(C)OC(=O)CC)C1C(=O)O. The molecule has 1 amide bonds. The number of carboxylic acid groups (broad SMARTS) is 1. The van der Waals surface area contributed by atoms with Crippen molar-refractivity contribution < 1.29 is 38.5 Å². The molecule has 1 fully saturated rings. The molecule has 37 heavy (non-hydrogen) atoms. The van der Waals surface area contributed by atoms with Crippen molar-refractivity contribution >= 4 is 23.8 Å². The number of amides is 1. The van der Waals surface area contributed by atoms with Crippen LogP contribution in [0.3, 0.4) is 0 Å². The van der Waals surface area contributed by atoms with Crippen molar-refractivity contribution in [3.05, 3.63) is 60.2 Å². The van der Waals surface area contributed by atoms with Crippen LogP contribution < -0.4 is 4.74 Å². The minimum absolute atomic E-state index is 0.0626. The Balaban J connectivity index is 1.63. The smallest absolute Gasteiger partial charge is 0.312 e. The average Bonchev–Trinajstić information content (AvgIpc) is 2.84. The molecule has 0 radical (unpaired) electrons. The molecule has 0 bridgehead atoms. The summed E-state index contributed by atoms with van der Waals surface area (Å²) in [5.41, 5.74) is 0.871. The average molecular weight is 512 g/mol. The maximum absolute atomic E-state index is 13.3. The molecule has 0 aromatic heterocycles. The largest absolute Gasteiger partial charge is 0.481 e. The van der Waals surface area contributed by atoms with E-state index < -0.39 is 42.0 Å². The normalized spacial score (nSPS) is 19.2. The Morgan fingerprint density at radius 1 is 0.946 bits per heavy atom. The highest BCUT2D eigenvalue weighted by Gasteiger charge is 2.54. The highest BCUT2D eigenvalue weighted by atomic mass is 16.7. The van der Waals surface area contributed by atoms with E-state index in [9.17, 15) is 24.3 Å². The fourth-order valence-electron chi connectivity index (χ4n) is 4.32. The van der Waals surface area contributed by atoms with Gasteiger partial charge in [-0.15, -0.1) is 0 Å². The molecule has 1 N–H and O–H groups in total. The number of esters is 2. The minimum atomic E-state index is -1.23. The highest BCUT2D eigenvalue weighted by molar-refractivity contribution is 5.92. The molecule has 0 spiro atoms. The number of carbonyl (C=O) groups is 4. The number of hydrogen-bond acceptors (Lipinski definition) is 7. The maximum Gasteiger partial charge on any atom is 0.312 e. The van der Waals surface area contributed by atoms with Crippen LogP contribution in [0.2, 0.25) is 0 Å². The van der Waals surface area contributed by atoms with E-state index in [2.05, 4.69) is 0 Å². The number of para-hydroxylation sites is 1. The Bertz CT molecular complexity index is 1090. The number of carbonyl (C=O) groups excluding carboxylic acids is 3. The van der Waals surface area contributed by atoms with Crippen molar-refractivity contribution in [1.29, 1.82) is 0 Å². The van der Waals surface area contributed by atoms with E-state index in [-0.39, 0.29) is 18.7 Å². The summed E-state index contributed by atoms with van der Waals surface area (Å²) in [6.45, 7) is 5.69. The zero-order chi connectivity index (χ0) is 26.9. The Morgan fingerprint density at radius 2 is 1.59 bits per heavy atom. The van der Waals surface area contributed by atoms with Crippen molar-refractivity contribution in [1.82, 2.24) is 4.90 Å². The first kappa shape index (κ1) is 27.7. The van der Waals surface area contributed by atoms with Crippen LogP contribution in [0.4, 0.5) is 0 Å². The van der Waals surface area contributed by atoms with Gasteiger partial charge in [-0.2, -0.15) is 0 Å². The Hall–Kier alpha value is -3.88. The van der Waals surface area contributed by atoms with E-state index in [0.29, 0.717) is 31.0 Å². The summed E-state index contributed by atoms with van der Waals surface area (Å²) in [7, 11) is 0. The Labute approximate surface area is 216 Å². The molecule has 0 heterocycles. The molecule has 1 aliphatic carbocycles. The summed E-state index contributed by atoms with van der Waals surface area (Å²) in [5.74, 6) is -4.51. The lowest BCUT2D eigenvalue weighted by atomic mass is 9.64. The van der Waals surface area contributed by atoms with Crippen LogP contribution >= 0.6 is 0 Å². The Morgan fingerprint density at radius 3 is 2.19 bits per heavy atom. The summed E-state index contributed by atoms with van der Waals surface area (Å²) < 4.78 is 15.8. The zero-order valence-electron chi connectivity index (χ0n) is 21.3. The van der Waals surface area contributed by atoms with Gasteiger partial charge in [0.25, 0.3) is 0 Å². The quantitative estimate of drug-likeness (QED) is 0.329. The summed E-state index contributed by atoms with van der Waals surface area (Å²) >= 11 is 0. The molecule has 2 aromatic carbocycles. The van der Waals surface area contributed by atoms with Gasteiger partial charge in [0, 0.05) is 26.4 Å². The maximum atomic E-state index is 13.3. The molecule has 4 unspecified atom stereocenters. The molecule has 3 rings (SSSR count). The van der Waals surface area contributed by atoms with Gasteiger partial charge in [0.2, 0.25) is 12.2 Å². The van der Waals surface area contributed by atoms with Crippen LogP contribution in [0.5, 0.6) is 11.5 Å². The lowest BCUT2D eigenvalue weighted by Crippen LogP contribution is -2.54. The van der Waals surface area contributed by atoms with Gasteiger partial charge in [-0.25, -0.2) is 0 Å². The Kier molecular flexibility index (Phi) is 9.65. The van der Waals surface area contributed by atoms with Crippen molar-refractivity contribution in [3.8, 4) is 11.5 Å². The predicted molar refractivity (Wildman–Crippen MR) is 133 cm³/mol. The van der Waals surface area contributed by atoms with E-state index >= 15 is 0 Å².